The number of benzene rings is 1. The van der Waals surface area contributed by atoms with Crippen LogP contribution in [0.2, 0.25) is 0 Å². The molecule has 5 rings (SSSR count). The number of anilines is 1. The number of halogens is 2. The van der Waals surface area contributed by atoms with E-state index in [9.17, 15) is 18.4 Å². The molecule has 3 heterocycles. The van der Waals surface area contributed by atoms with E-state index in [-0.39, 0.29) is 17.6 Å². The molecule has 0 aliphatic heterocycles. The van der Waals surface area contributed by atoms with Crippen LogP contribution in [0.4, 0.5) is 19.3 Å². The van der Waals surface area contributed by atoms with Gasteiger partial charge in [0.05, 0.1) is 6.20 Å². The minimum Gasteiger partial charge on any atom is -0.465 e. The Morgan fingerprint density at radius 3 is 2.66 bits per heavy atom. The third kappa shape index (κ3) is 4.07. The highest BCUT2D eigenvalue weighted by Crippen LogP contribution is 2.51. The molecule has 1 aliphatic rings. The van der Waals surface area contributed by atoms with Gasteiger partial charge in [-0.2, -0.15) is 4.98 Å². The normalized spacial score (nSPS) is 16.0. The molecule has 0 saturated heterocycles. The molecule has 0 spiro atoms. The van der Waals surface area contributed by atoms with E-state index in [0.717, 1.165) is 11.1 Å². The van der Waals surface area contributed by atoms with Gasteiger partial charge in [0.25, 0.3) is 17.7 Å². The summed E-state index contributed by atoms with van der Waals surface area (Å²) < 4.78 is 34.0. The summed E-state index contributed by atoms with van der Waals surface area (Å²) in [6.45, 7) is 3.74. The molecule has 1 aliphatic carbocycles. The maximum absolute atomic E-state index is 13.6. The van der Waals surface area contributed by atoms with Crippen molar-refractivity contribution in [2.75, 3.05) is 5.32 Å². The van der Waals surface area contributed by atoms with Crippen molar-refractivity contribution in [1.82, 2.24) is 24.8 Å². The standard InChI is InChI=1S/C23H20F2N6O4/c1-12-5-6-31-16(9-26-17(31)7-12)19(32)27-15-8-14(4-3-13(15)2)18-28-20(35-30-18)22(29-21(33)34)10-23(24,25)11-22/h3-9,29H,10-11H2,1-2H3,(H,27,32)(H,33,34). The molecule has 10 nitrogen and oxygen atoms in total. The average Bonchev–Trinajstić information content (AvgIpc) is 3.40. The lowest BCUT2D eigenvalue weighted by Crippen LogP contribution is -2.59. The van der Waals surface area contributed by atoms with Gasteiger partial charge in [-0.1, -0.05) is 17.3 Å². The van der Waals surface area contributed by atoms with Crippen LogP contribution in [0.15, 0.2) is 47.2 Å². The second kappa shape index (κ2) is 7.86. The number of carbonyl (C=O) groups is 2. The fourth-order valence-electron chi connectivity index (χ4n) is 4.20. The fraction of sp³-hybridized carbons (Fsp3) is 0.261. The second-order valence-corrected chi connectivity index (χ2v) is 8.70. The van der Waals surface area contributed by atoms with Gasteiger partial charge in [0.2, 0.25) is 5.82 Å². The molecule has 3 aromatic heterocycles. The number of pyridine rings is 1. The van der Waals surface area contributed by atoms with Crippen molar-refractivity contribution in [2.24, 2.45) is 0 Å². The molecule has 0 unspecified atom stereocenters. The Bertz CT molecular complexity index is 1470. The molecule has 1 saturated carbocycles. The first kappa shape index (κ1) is 22.4. The number of nitrogens with zero attached hydrogens (tertiary/aromatic N) is 4. The van der Waals surface area contributed by atoms with E-state index >= 15 is 0 Å². The number of aryl methyl sites for hydroxylation is 2. The Morgan fingerprint density at radius 2 is 1.94 bits per heavy atom. The van der Waals surface area contributed by atoms with E-state index in [0.29, 0.717) is 22.6 Å². The third-order valence-electron chi connectivity index (χ3n) is 5.95. The average molecular weight is 482 g/mol. The first-order valence-electron chi connectivity index (χ1n) is 10.6. The van der Waals surface area contributed by atoms with Crippen molar-refractivity contribution in [3.63, 3.8) is 0 Å². The topological polar surface area (TPSA) is 135 Å². The van der Waals surface area contributed by atoms with Crippen molar-refractivity contribution in [2.45, 2.75) is 38.2 Å². The Hall–Kier alpha value is -4.35. The number of aromatic nitrogens is 4. The molecule has 2 amide bonds. The van der Waals surface area contributed by atoms with Gasteiger partial charge in [0.15, 0.2) is 0 Å². The Kier molecular flexibility index (Phi) is 5.04. The molecule has 0 atom stereocenters. The van der Waals surface area contributed by atoms with Gasteiger partial charge in [0, 0.05) is 30.3 Å². The van der Waals surface area contributed by atoms with Crippen LogP contribution < -0.4 is 10.6 Å². The predicted molar refractivity (Wildman–Crippen MR) is 119 cm³/mol. The lowest BCUT2D eigenvalue weighted by atomic mass is 9.73. The largest absolute Gasteiger partial charge is 0.465 e. The number of rotatable bonds is 5. The smallest absolute Gasteiger partial charge is 0.405 e. The summed E-state index contributed by atoms with van der Waals surface area (Å²) in [5, 5.41) is 17.9. The van der Waals surface area contributed by atoms with Gasteiger partial charge in [-0.25, -0.2) is 18.6 Å². The zero-order valence-electron chi connectivity index (χ0n) is 18.7. The highest BCUT2D eigenvalue weighted by atomic mass is 19.3. The number of carbonyl (C=O) groups excluding carboxylic acids is 1. The van der Waals surface area contributed by atoms with E-state index in [2.05, 4.69) is 25.8 Å². The Labute approximate surface area is 197 Å². The molecular weight excluding hydrogens is 462 g/mol. The number of hydrogen-bond donors (Lipinski definition) is 3. The second-order valence-electron chi connectivity index (χ2n) is 8.70. The molecule has 1 aromatic carbocycles. The highest BCUT2D eigenvalue weighted by molar-refractivity contribution is 6.04. The van der Waals surface area contributed by atoms with Crippen molar-refractivity contribution >= 4 is 23.3 Å². The summed E-state index contributed by atoms with van der Waals surface area (Å²) in [5.41, 5.74) is 2.05. The lowest BCUT2D eigenvalue weighted by molar-refractivity contribution is -0.143. The minimum absolute atomic E-state index is 0.0718. The van der Waals surface area contributed by atoms with Crippen LogP contribution in [0.25, 0.3) is 17.0 Å². The SMILES string of the molecule is Cc1ccn2c(C(=O)Nc3cc(-c4noc(C5(NC(=O)O)CC(F)(F)C5)n4)ccc3C)cnc2c1. The number of carboxylic acid groups (broad SMARTS) is 1. The summed E-state index contributed by atoms with van der Waals surface area (Å²) >= 11 is 0. The van der Waals surface area contributed by atoms with Crippen molar-refractivity contribution < 1.29 is 28.0 Å². The molecule has 180 valence electrons. The number of hydrogen-bond acceptors (Lipinski definition) is 6. The van der Waals surface area contributed by atoms with Crippen LogP contribution in [0.5, 0.6) is 0 Å². The van der Waals surface area contributed by atoms with Gasteiger partial charge in [0.1, 0.15) is 16.9 Å². The first-order chi connectivity index (χ1) is 16.6. The third-order valence-corrected chi connectivity index (χ3v) is 5.95. The Balaban J connectivity index is 1.41. The maximum atomic E-state index is 13.6. The number of alkyl halides is 2. The van der Waals surface area contributed by atoms with Crippen molar-refractivity contribution in [3.05, 3.63) is 65.4 Å². The first-order valence-corrected chi connectivity index (χ1v) is 10.6. The summed E-state index contributed by atoms with van der Waals surface area (Å²) in [6.07, 6.45) is 0.229. The number of amides is 2. The van der Waals surface area contributed by atoms with Crippen LogP contribution in [0.1, 0.15) is 40.3 Å². The molecule has 4 aromatic rings. The summed E-state index contributed by atoms with van der Waals surface area (Å²) in [4.78, 5) is 32.6. The van der Waals surface area contributed by atoms with Crippen LogP contribution in [0.3, 0.4) is 0 Å². The summed E-state index contributed by atoms with van der Waals surface area (Å²) in [5.74, 6) is -3.58. The number of imidazole rings is 1. The zero-order valence-corrected chi connectivity index (χ0v) is 18.7. The summed E-state index contributed by atoms with van der Waals surface area (Å²) in [6, 6.07) is 8.78. The van der Waals surface area contributed by atoms with Gasteiger partial charge in [-0.3, -0.25) is 9.20 Å². The van der Waals surface area contributed by atoms with E-state index in [4.69, 9.17) is 9.63 Å². The summed E-state index contributed by atoms with van der Waals surface area (Å²) in [7, 11) is 0. The monoisotopic (exact) mass is 482 g/mol. The van der Waals surface area contributed by atoms with Crippen molar-refractivity contribution in [3.8, 4) is 11.4 Å². The molecule has 3 N–H and O–H groups in total. The van der Waals surface area contributed by atoms with Crippen LogP contribution in [-0.2, 0) is 5.54 Å². The van der Waals surface area contributed by atoms with E-state index in [1.54, 1.807) is 35.7 Å². The van der Waals surface area contributed by atoms with E-state index in [1.165, 1.54) is 6.20 Å². The molecule has 0 radical (unpaired) electrons. The molecule has 35 heavy (non-hydrogen) atoms. The van der Waals surface area contributed by atoms with Gasteiger partial charge in [-0.15, -0.1) is 0 Å². The van der Waals surface area contributed by atoms with Crippen LogP contribution in [0, 0.1) is 13.8 Å². The lowest BCUT2D eigenvalue weighted by Gasteiger charge is -2.43. The number of fused-ring (bicyclic) bond motifs is 1. The molecule has 12 heteroatoms. The number of nitrogens with one attached hydrogen (secondary N) is 2. The van der Waals surface area contributed by atoms with Gasteiger partial charge in [-0.05, 0) is 43.2 Å². The Morgan fingerprint density at radius 1 is 1.17 bits per heavy atom. The van der Waals surface area contributed by atoms with Crippen LogP contribution >= 0.6 is 0 Å². The van der Waals surface area contributed by atoms with Crippen LogP contribution in [-0.4, -0.2) is 42.6 Å². The molecule has 1 fully saturated rings. The van der Waals surface area contributed by atoms with E-state index < -0.39 is 30.4 Å². The van der Waals surface area contributed by atoms with E-state index in [1.807, 2.05) is 19.1 Å². The van der Waals surface area contributed by atoms with Gasteiger partial charge >= 0.3 is 6.09 Å². The predicted octanol–water partition coefficient (Wildman–Crippen LogP) is 4.15. The molecular formula is C23H20F2N6O4. The minimum atomic E-state index is -3.03. The fourth-order valence-corrected chi connectivity index (χ4v) is 4.20. The maximum Gasteiger partial charge on any atom is 0.405 e. The quantitative estimate of drug-likeness (QED) is 0.389. The van der Waals surface area contributed by atoms with Gasteiger partial charge < -0.3 is 20.3 Å². The highest BCUT2D eigenvalue weighted by Gasteiger charge is 2.61. The van der Waals surface area contributed by atoms with Crippen molar-refractivity contribution in [1.29, 1.82) is 0 Å². The molecule has 0 bridgehead atoms. The zero-order chi connectivity index (χ0) is 25.0.